The molecule has 0 saturated carbocycles. The van der Waals surface area contributed by atoms with Gasteiger partial charge in [0.15, 0.2) is 5.11 Å². The lowest BCUT2D eigenvalue weighted by Crippen LogP contribution is -2.34. The molecule has 7 nitrogen and oxygen atoms in total. The van der Waals surface area contributed by atoms with Crippen LogP contribution in [0.25, 0.3) is 0 Å². The minimum atomic E-state index is -1.09. The Hall–Kier alpha value is -3.13. The number of amides is 1. The first kappa shape index (κ1) is 20.2. The molecule has 27 heavy (non-hydrogen) atoms. The number of carboxylic acid groups (broad SMARTS) is 1. The zero-order chi connectivity index (χ0) is 20.0. The summed E-state index contributed by atoms with van der Waals surface area (Å²) >= 11 is 5.15. The highest BCUT2D eigenvalue weighted by Gasteiger charge is 2.13. The molecular weight excluding hydrogens is 368 g/mol. The van der Waals surface area contributed by atoms with Crippen LogP contribution in [0.1, 0.15) is 34.6 Å². The Kier molecular flexibility index (Phi) is 6.73. The van der Waals surface area contributed by atoms with Gasteiger partial charge in [-0.15, -0.1) is 0 Å². The van der Waals surface area contributed by atoms with Crippen LogP contribution < -0.4 is 20.1 Å². The van der Waals surface area contributed by atoms with Gasteiger partial charge in [-0.2, -0.15) is 0 Å². The van der Waals surface area contributed by atoms with Crippen molar-refractivity contribution >= 4 is 34.9 Å². The molecule has 2 aromatic rings. The minimum Gasteiger partial charge on any atom is -0.495 e. The Morgan fingerprint density at radius 3 is 2.48 bits per heavy atom. The number of nitrogens with one attached hydrogen (secondary N) is 2. The molecule has 8 heteroatoms. The third-order valence-electron chi connectivity index (χ3n) is 3.39. The molecule has 0 radical (unpaired) electrons. The first-order valence-electron chi connectivity index (χ1n) is 8.10. The van der Waals surface area contributed by atoms with Crippen molar-refractivity contribution < 1.29 is 24.2 Å². The van der Waals surface area contributed by atoms with Gasteiger partial charge in [0.1, 0.15) is 11.5 Å². The average molecular weight is 388 g/mol. The second-order valence-corrected chi connectivity index (χ2v) is 6.23. The van der Waals surface area contributed by atoms with Gasteiger partial charge in [0, 0.05) is 5.56 Å². The summed E-state index contributed by atoms with van der Waals surface area (Å²) in [7, 11) is 1.45. The highest BCUT2D eigenvalue weighted by atomic mass is 32.1. The number of carbonyl (C=O) groups excluding carboxylic acids is 1. The van der Waals surface area contributed by atoms with E-state index in [1.165, 1.54) is 25.3 Å². The number of hydrogen-bond donors (Lipinski definition) is 3. The van der Waals surface area contributed by atoms with Crippen molar-refractivity contribution in [3.8, 4) is 11.5 Å². The molecule has 2 aromatic carbocycles. The summed E-state index contributed by atoms with van der Waals surface area (Å²) < 4.78 is 10.7. The fourth-order valence-corrected chi connectivity index (χ4v) is 2.45. The number of carboxylic acids is 1. The van der Waals surface area contributed by atoms with E-state index < -0.39 is 11.9 Å². The zero-order valence-electron chi connectivity index (χ0n) is 15.1. The number of anilines is 1. The molecule has 142 valence electrons. The summed E-state index contributed by atoms with van der Waals surface area (Å²) in [6, 6.07) is 11.0. The third-order valence-corrected chi connectivity index (χ3v) is 3.59. The van der Waals surface area contributed by atoms with E-state index in [1.807, 2.05) is 13.8 Å². The van der Waals surface area contributed by atoms with Crippen LogP contribution in [0, 0.1) is 0 Å². The summed E-state index contributed by atoms with van der Waals surface area (Å²) in [6.07, 6.45) is -0.0139. The van der Waals surface area contributed by atoms with Gasteiger partial charge in [-0.3, -0.25) is 10.1 Å². The molecule has 0 spiro atoms. The second-order valence-electron chi connectivity index (χ2n) is 5.82. The first-order valence-corrected chi connectivity index (χ1v) is 8.51. The van der Waals surface area contributed by atoms with Crippen molar-refractivity contribution in [3.63, 3.8) is 0 Å². The maximum Gasteiger partial charge on any atom is 0.335 e. The van der Waals surface area contributed by atoms with Crippen molar-refractivity contribution in [1.29, 1.82) is 0 Å². The fraction of sp³-hybridized carbons (Fsp3) is 0.211. The SMILES string of the molecule is COc1ccc(C(=O)O)cc1NC(=S)NC(=O)c1cccc(OC(C)C)c1. The van der Waals surface area contributed by atoms with Crippen LogP contribution in [0.3, 0.4) is 0 Å². The number of ether oxygens (including phenoxy) is 2. The van der Waals surface area contributed by atoms with Crippen molar-refractivity contribution in [3.05, 3.63) is 53.6 Å². The third kappa shape index (κ3) is 5.68. The van der Waals surface area contributed by atoms with Crippen molar-refractivity contribution in [2.45, 2.75) is 20.0 Å². The Bertz CT molecular complexity index is 867. The molecule has 0 aliphatic rings. The molecule has 0 saturated heterocycles. The molecule has 0 aliphatic carbocycles. The van der Waals surface area contributed by atoms with Crippen LogP contribution in [0.4, 0.5) is 5.69 Å². The molecule has 0 atom stereocenters. The summed E-state index contributed by atoms with van der Waals surface area (Å²) in [6.45, 7) is 3.79. The maximum absolute atomic E-state index is 12.4. The lowest BCUT2D eigenvalue weighted by Gasteiger charge is -2.14. The average Bonchev–Trinajstić information content (AvgIpc) is 2.61. The fourth-order valence-electron chi connectivity index (χ4n) is 2.25. The van der Waals surface area contributed by atoms with E-state index in [9.17, 15) is 9.59 Å². The monoisotopic (exact) mass is 388 g/mol. The van der Waals surface area contributed by atoms with Gasteiger partial charge in [-0.1, -0.05) is 6.07 Å². The number of carbonyl (C=O) groups is 2. The molecule has 1 amide bonds. The second kappa shape index (κ2) is 9.00. The summed E-state index contributed by atoms with van der Waals surface area (Å²) in [5, 5.41) is 14.4. The lowest BCUT2D eigenvalue weighted by atomic mass is 10.2. The first-order chi connectivity index (χ1) is 12.8. The predicted molar refractivity (Wildman–Crippen MR) is 106 cm³/mol. The van der Waals surface area contributed by atoms with Gasteiger partial charge in [-0.05, 0) is 62.5 Å². The number of hydrogen-bond acceptors (Lipinski definition) is 5. The van der Waals surface area contributed by atoms with E-state index in [4.69, 9.17) is 26.8 Å². The van der Waals surface area contributed by atoms with E-state index in [1.54, 1.807) is 24.3 Å². The number of thiocarbonyl (C=S) groups is 1. The van der Waals surface area contributed by atoms with Gasteiger partial charge in [0.2, 0.25) is 0 Å². The summed E-state index contributed by atoms with van der Waals surface area (Å²) in [4.78, 5) is 23.5. The van der Waals surface area contributed by atoms with E-state index >= 15 is 0 Å². The minimum absolute atomic E-state index is 0.0102. The normalized spacial score (nSPS) is 10.2. The van der Waals surface area contributed by atoms with Crippen LogP contribution in [0.2, 0.25) is 0 Å². The number of benzene rings is 2. The summed E-state index contributed by atoms with van der Waals surface area (Å²) in [5.74, 6) is -0.538. The van der Waals surface area contributed by atoms with Crippen LogP contribution in [-0.4, -0.2) is 35.3 Å². The van der Waals surface area contributed by atoms with Crippen LogP contribution in [0.5, 0.6) is 11.5 Å². The number of methoxy groups -OCH3 is 1. The van der Waals surface area contributed by atoms with Gasteiger partial charge in [0.25, 0.3) is 5.91 Å². The molecule has 0 aromatic heterocycles. The maximum atomic E-state index is 12.4. The largest absolute Gasteiger partial charge is 0.495 e. The van der Waals surface area contributed by atoms with Gasteiger partial charge >= 0.3 is 5.97 Å². The Morgan fingerprint density at radius 1 is 1.11 bits per heavy atom. The standard InChI is InChI=1S/C19H20N2O5S/c1-11(2)26-14-6-4-5-12(9-14)17(22)21-19(27)20-15-10-13(18(23)24)7-8-16(15)25-3/h4-11H,1-3H3,(H,23,24)(H2,20,21,22,27). The molecule has 2 rings (SSSR count). The smallest absolute Gasteiger partial charge is 0.335 e. The van der Waals surface area contributed by atoms with Crippen molar-refractivity contribution in [1.82, 2.24) is 5.32 Å². The molecular formula is C19H20N2O5S. The Balaban J connectivity index is 2.10. The van der Waals surface area contributed by atoms with E-state index in [0.29, 0.717) is 22.7 Å². The van der Waals surface area contributed by atoms with E-state index in [-0.39, 0.29) is 16.8 Å². The van der Waals surface area contributed by atoms with E-state index in [2.05, 4.69) is 10.6 Å². The molecule has 0 fully saturated rings. The molecule has 0 unspecified atom stereocenters. The topological polar surface area (TPSA) is 96.9 Å². The van der Waals surface area contributed by atoms with Gasteiger partial charge in [0.05, 0.1) is 24.5 Å². The van der Waals surface area contributed by atoms with Gasteiger partial charge < -0.3 is 19.9 Å². The van der Waals surface area contributed by atoms with Crippen molar-refractivity contribution in [2.75, 3.05) is 12.4 Å². The zero-order valence-corrected chi connectivity index (χ0v) is 15.9. The lowest BCUT2D eigenvalue weighted by molar-refractivity contribution is 0.0696. The molecule has 0 bridgehead atoms. The van der Waals surface area contributed by atoms with Crippen LogP contribution in [0.15, 0.2) is 42.5 Å². The molecule has 0 heterocycles. The predicted octanol–water partition coefficient (Wildman–Crippen LogP) is 3.31. The van der Waals surface area contributed by atoms with E-state index in [0.717, 1.165) is 0 Å². The highest BCUT2D eigenvalue weighted by molar-refractivity contribution is 7.80. The number of aromatic carboxylic acids is 1. The molecule has 3 N–H and O–H groups in total. The highest BCUT2D eigenvalue weighted by Crippen LogP contribution is 2.25. The van der Waals surface area contributed by atoms with Crippen LogP contribution >= 0.6 is 12.2 Å². The molecule has 0 aliphatic heterocycles. The van der Waals surface area contributed by atoms with Gasteiger partial charge in [-0.25, -0.2) is 4.79 Å². The van der Waals surface area contributed by atoms with Crippen LogP contribution in [-0.2, 0) is 0 Å². The quantitative estimate of drug-likeness (QED) is 0.653. The van der Waals surface area contributed by atoms with Crippen molar-refractivity contribution in [2.24, 2.45) is 0 Å². The number of rotatable bonds is 6. The summed E-state index contributed by atoms with van der Waals surface area (Å²) in [5.41, 5.74) is 0.772. The Labute approximate surface area is 162 Å². The Morgan fingerprint density at radius 2 is 1.85 bits per heavy atom.